The van der Waals surface area contributed by atoms with E-state index in [-0.39, 0.29) is 35.2 Å². The number of nitrogens with zero attached hydrogens (tertiary/aromatic N) is 2. The van der Waals surface area contributed by atoms with Crippen molar-refractivity contribution >= 4 is 17.6 Å². The third-order valence-electron chi connectivity index (χ3n) is 7.15. The van der Waals surface area contributed by atoms with Gasteiger partial charge >= 0.3 is 12.1 Å². The third-order valence-corrected chi connectivity index (χ3v) is 7.15. The van der Waals surface area contributed by atoms with Gasteiger partial charge in [-0.1, -0.05) is 13.8 Å². The van der Waals surface area contributed by atoms with E-state index in [0.717, 1.165) is 19.3 Å². The van der Waals surface area contributed by atoms with E-state index in [9.17, 15) is 22.8 Å². The molecule has 4 rings (SSSR count). The zero-order valence-corrected chi connectivity index (χ0v) is 20.4. The summed E-state index contributed by atoms with van der Waals surface area (Å²) < 4.78 is 42.8. The molecule has 8 nitrogen and oxygen atoms in total. The van der Waals surface area contributed by atoms with Crippen molar-refractivity contribution < 1.29 is 27.9 Å². The molecule has 1 aromatic heterocycles. The first-order valence-corrected chi connectivity index (χ1v) is 12.2. The van der Waals surface area contributed by atoms with Gasteiger partial charge in [0.1, 0.15) is 0 Å². The number of aromatic nitrogens is 2. The normalized spacial score (nSPS) is 21.6. The monoisotopic (exact) mass is 507 g/mol. The maximum absolute atomic E-state index is 13.8. The first-order valence-electron chi connectivity index (χ1n) is 12.2. The van der Waals surface area contributed by atoms with Crippen LogP contribution in [0.4, 0.5) is 18.9 Å². The van der Waals surface area contributed by atoms with Crippen LogP contribution in [0.5, 0.6) is 0 Å². The zero-order chi connectivity index (χ0) is 26.3. The Labute approximate surface area is 207 Å². The van der Waals surface area contributed by atoms with Crippen LogP contribution in [0, 0.1) is 5.41 Å². The largest absolute Gasteiger partial charge is 0.480 e. The molecule has 36 heavy (non-hydrogen) atoms. The molecule has 2 aliphatic rings. The molecule has 2 aliphatic carbocycles. The standard InChI is InChI=1S/C25H32F3N5O3/c1-24(2)9-8-18-20(12-24)33(32-22(18)25(26,27)28)16-6-7-17(23(29)36)19(11-16)31-15-5-3-4-14(10-15)30-13-21(34)35/h6-7,11,14-15,30-31H,3-5,8-10,12-13H2,1-2H3,(H2,29,36)(H,34,35). The van der Waals surface area contributed by atoms with Crippen molar-refractivity contribution in [2.45, 2.75) is 77.1 Å². The van der Waals surface area contributed by atoms with Gasteiger partial charge in [0.25, 0.3) is 5.91 Å². The van der Waals surface area contributed by atoms with Crippen LogP contribution in [0.3, 0.4) is 0 Å². The number of anilines is 1. The van der Waals surface area contributed by atoms with Crippen LogP contribution < -0.4 is 16.4 Å². The Bertz CT molecular complexity index is 1160. The summed E-state index contributed by atoms with van der Waals surface area (Å²) in [6, 6.07) is 4.65. The van der Waals surface area contributed by atoms with Gasteiger partial charge in [0, 0.05) is 29.0 Å². The number of aliphatic carboxylic acids is 1. The van der Waals surface area contributed by atoms with Gasteiger partial charge in [-0.05, 0) is 68.6 Å². The smallest absolute Gasteiger partial charge is 0.435 e. The van der Waals surface area contributed by atoms with E-state index in [1.165, 1.54) is 10.7 Å². The molecule has 1 amide bonds. The highest BCUT2D eigenvalue weighted by Crippen LogP contribution is 2.42. The van der Waals surface area contributed by atoms with Gasteiger partial charge in [-0.15, -0.1) is 0 Å². The highest BCUT2D eigenvalue weighted by atomic mass is 19.4. The maximum Gasteiger partial charge on any atom is 0.435 e. The molecule has 1 saturated carbocycles. The lowest BCUT2D eigenvalue weighted by Crippen LogP contribution is -2.41. The molecular formula is C25H32F3N5O3. The molecule has 1 fully saturated rings. The molecule has 0 radical (unpaired) electrons. The van der Waals surface area contributed by atoms with Gasteiger partial charge in [-0.25, -0.2) is 4.68 Å². The van der Waals surface area contributed by atoms with E-state index < -0.39 is 23.7 Å². The van der Waals surface area contributed by atoms with Crippen LogP contribution in [0.2, 0.25) is 0 Å². The second-order valence-corrected chi connectivity index (χ2v) is 10.6. The Balaban J connectivity index is 1.68. The van der Waals surface area contributed by atoms with Gasteiger partial charge in [0.15, 0.2) is 5.69 Å². The topological polar surface area (TPSA) is 122 Å². The second-order valence-electron chi connectivity index (χ2n) is 10.6. The highest BCUT2D eigenvalue weighted by Gasteiger charge is 2.42. The quantitative estimate of drug-likeness (QED) is 0.451. The van der Waals surface area contributed by atoms with Gasteiger partial charge < -0.3 is 21.5 Å². The van der Waals surface area contributed by atoms with Crippen LogP contribution >= 0.6 is 0 Å². The molecule has 2 atom stereocenters. The van der Waals surface area contributed by atoms with Crippen molar-refractivity contribution in [1.29, 1.82) is 0 Å². The number of carboxylic acids is 1. The summed E-state index contributed by atoms with van der Waals surface area (Å²) in [6.45, 7) is 3.92. The lowest BCUT2D eigenvalue weighted by Gasteiger charge is -2.31. The van der Waals surface area contributed by atoms with Crippen LogP contribution in [0.1, 0.15) is 73.3 Å². The maximum atomic E-state index is 13.8. The molecule has 0 saturated heterocycles. The number of amides is 1. The van der Waals surface area contributed by atoms with Crippen molar-refractivity contribution in [3.8, 4) is 5.69 Å². The summed E-state index contributed by atoms with van der Waals surface area (Å²) in [5.41, 5.74) is 6.42. The first-order chi connectivity index (χ1) is 16.8. The van der Waals surface area contributed by atoms with Gasteiger partial charge in [0.05, 0.1) is 17.8 Å². The summed E-state index contributed by atoms with van der Waals surface area (Å²) in [6.07, 6.45) is -0.0385. The molecule has 0 spiro atoms. The number of rotatable bonds is 7. The summed E-state index contributed by atoms with van der Waals surface area (Å²) in [7, 11) is 0. The van der Waals surface area contributed by atoms with Crippen LogP contribution in [0.25, 0.3) is 5.69 Å². The van der Waals surface area contributed by atoms with E-state index in [4.69, 9.17) is 10.8 Å². The Hall–Kier alpha value is -3.08. The number of nitrogens with one attached hydrogen (secondary N) is 2. The van der Waals surface area contributed by atoms with Crippen molar-refractivity contribution in [3.63, 3.8) is 0 Å². The molecule has 5 N–H and O–H groups in total. The zero-order valence-electron chi connectivity index (χ0n) is 20.4. The number of halogens is 3. The van der Waals surface area contributed by atoms with Crippen molar-refractivity contribution in [3.05, 3.63) is 40.7 Å². The molecule has 1 heterocycles. The van der Waals surface area contributed by atoms with Crippen LogP contribution in [0.15, 0.2) is 18.2 Å². The van der Waals surface area contributed by atoms with Crippen molar-refractivity contribution in [1.82, 2.24) is 15.1 Å². The summed E-state index contributed by atoms with van der Waals surface area (Å²) in [5, 5.41) is 19.3. The SMILES string of the molecule is CC1(C)CCc2c(C(F)(F)F)nn(-c3ccc(C(N)=O)c(NC4CCCC(NCC(=O)O)C4)c3)c2C1. The lowest BCUT2D eigenvalue weighted by atomic mass is 9.76. The predicted octanol–water partition coefficient (Wildman–Crippen LogP) is 3.90. The molecule has 1 aromatic carbocycles. The number of carbonyl (C=O) groups excluding carboxylic acids is 1. The summed E-state index contributed by atoms with van der Waals surface area (Å²) in [5.74, 6) is -1.59. The minimum absolute atomic E-state index is 0.00210. The Morgan fingerprint density at radius 2 is 1.97 bits per heavy atom. The van der Waals surface area contributed by atoms with Crippen molar-refractivity contribution in [2.75, 3.05) is 11.9 Å². The fraction of sp³-hybridized carbons (Fsp3) is 0.560. The number of carboxylic acid groups (broad SMARTS) is 1. The number of benzene rings is 1. The molecule has 2 aromatic rings. The number of fused-ring (bicyclic) bond motifs is 1. The van der Waals surface area contributed by atoms with Gasteiger partial charge in [-0.2, -0.15) is 18.3 Å². The van der Waals surface area contributed by atoms with E-state index in [0.29, 0.717) is 42.8 Å². The average Bonchev–Trinajstić information content (AvgIpc) is 3.16. The predicted molar refractivity (Wildman–Crippen MR) is 128 cm³/mol. The summed E-state index contributed by atoms with van der Waals surface area (Å²) >= 11 is 0. The number of hydrogen-bond acceptors (Lipinski definition) is 5. The Kier molecular flexibility index (Phi) is 7.05. The molecule has 196 valence electrons. The number of carbonyl (C=O) groups is 2. The van der Waals surface area contributed by atoms with E-state index in [1.54, 1.807) is 12.1 Å². The van der Waals surface area contributed by atoms with Crippen molar-refractivity contribution in [2.24, 2.45) is 11.1 Å². The minimum atomic E-state index is -4.56. The van der Waals surface area contributed by atoms with E-state index >= 15 is 0 Å². The fourth-order valence-corrected chi connectivity index (χ4v) is 5.33. The third kappa shape index (κ3) is 5.66. The molecule has 0 bridgehead atoms. The van der Waals surface area contributed by atoms with E-state index in [1.807, 2.05) is 13.8 Å². The Morgan fingerprint density at radius 1 is 1.25 bits per heavy atom. The first kappa shape index (κ1) is 26.0. The highest BCUT2D eigenvalue weighted by molar-refractivity contribution is 5.99. The molecule has 0 aliphatic heterocycles. The minimum Gasteiger partial charge on any atom is -0.480 e. The number of alkyl halides is 3. The lowest BCUT2D eigenvalue weighted by molar-refractivity contribution is -0.142. The molecular weight excluding hydrogens is 475 g/mol. The average molecular weight is 508 g/mol. The molecule has 2 unspecified atom stereocenters. The second kappa shape index (κ2) is 9.76. The fourth-order valence-electron chi connectivity index (χ4n) is 5.33. The van der Waals surface area contributed by atoms with Gasteiger partial charge in [0.2, 0.25) is 0 Å². The van der Waals surface area contributed by atoms with Gasteiger partial charge in [-0.3, -0.25) is 9.59 Å². The number of nitrogens with two attached hydrogens (primary N) is 1. The number of primary amides is 1. The number of hydrogen-bond donors (Lipinski definition) is 4. The van der Waals surface area contributed by atoms with E-state index in [2.05, 4.69) is 15.7 Å². The Morgan fingerprint density at radius 3 is 2.64 bits per heavy atom. The van der Waals surface area contributed by atoms with Crippen LogP contribution in [-0.2, 0) is 23.8 Å². The molecule has 11 heteroatoms. The van der Waals surface area contributed by atoms with Crippen LogP contribution in [-0.4, -0.2) is 45.4 Å². The summed E-state index contributed by atoms with van der Waals surface area (Å²) in [4.78, 5) is 23.0.